The fourth-order valence-corrected chi connectivity index (χ4v) is 4.08. The van der Waals surface area contributed by atoms with Crippen LogP contribution in [0.2, 0.25) is 0 Å². The SMILES string of the molecule is C=C([N-]S(=O)(=O)CC)c1cc(I)cc(I)c1I. The second-order valence-electron chi connectivity index (χ2n) is 3.16. The molecule has 94 valence electrons. The Morgan fingerprint density at radius 3 is 2.47 bits per heavy atom. The first-order valence-electron chi connectivity index (χ1n) is 4.56. The average Bonchev–Trinajstić information content (AvgIpc) is 2.22. The molecule has 0 spiro atoms. The van der Waals surface area contributed by atoms with Crippen molar-refractivity contribution in [1.82, 2.24) is 0 Å². The van der Waals surface area contributed by atoms with Crippen LogP contribution >= 0.6 is 67.8 Å². The molecule has 0 N–H and O–H groups in total. The van der Waals surface area contributed by atoms with E-state index in [4.69, 9.17) is 0 Å². The van der Waals surface area contributed by atoms with Gasteiger partial charge in [-0.15, -0.1) is 12.3 Å². The summed E-state index contributed by atoms with van der Waals surface area (Å²) in [5.41, 5.74) is 1.08. The van der Waals surface area contributed by atoms with Gasteiger partial charge in [0.1, 0.15) is 0 Å². The Morgan fingerprint density at radius 1 is 1.35 bits per heavy atom. The maximum atomic E-state index is 11.4. The number of rotatable bonds is 4. The van der Waals surface area contributed by atoms with E-state index in [1.807, 2.05) is 12.1 Å². The zero-order chi connectivity index (χ0) is 13.2. The maximum Gasteiger partial charge on any atom is 0.0935 e. The van der Waals surface area contributed by atoms with E-state index in [2.05, 4.69) is 79.1 Å². The fourth-order valence-electron chi connectivity index (χ4n) is 1.05. The average molecular weight is 588 g/mol. The van der Waals surface area contributed by atoms with Crippen molar-refractivity contribution >= 4 is 83.5 Å². The van der Waals surface area contributed by atoms with Crippen LogP contribution in [0, 0.1) is 10.7 Å². The molecule has 0 radical (unpaired) electrons. The van der Waals surface area contributed by atoms with Crippen molar-refractivity contribution in [2.45, 2.75) is 6.92 Å². The van der Waals surface area contributed by atoms with Crippen molar-refractivity contribution in [3.8, 4) is 0 Å². The summed E-state index contributed by atoms with van der Waals surface area (Å²) in [5, 5.41) is 0. The third-order valence-electron chi connectivity index (χ3n) is 1.92. The van der Waals surface area contributed by atoms with Gasteiger partial charge in [-0.3, -0.25) is 0 Å². The molecule has 0 aromatic heterocycles. The van der Waals surface area contributed by atoms with Crippen LogP contribution in [0.3, 0.4) is 0 Å². The predicted octanol–water partition coefficient (Wildman–Crippen LogP) is 4.19. The quantitative estimate of drug-likeness (QED) is 0.392. The monoisotopic (exact) mass is 588 g/mol. The second kappa shape index (κ2) is 6.37. The van der Waals surface area contributed by atoms with Gasteiger partial charge in [-0.25, -0.2) is 8.42 Å². The van der Waals surface area contributed by atoms with Gasteiger partial charge in [0.15, 0.2) is 0 Å². The third kappa shape index (κ3) is 4.49. The van der Waals surface area contributed by atoms with Crippen LogP contribution in [-0.2, 0) is 10.0 Å². The number of hydrogen-bond acceptors (Lipinski definition) is 2. The normalized spacial score (nSPS) is 11.3. The zero-order valence-electron chi connectivity index (χ0n) is 8.87. The third-order valence-corrected chi connectivity index (χ3v) is 6.81. The Labute approximate surface area is 142 Å². The van der Waals surface area contributed by atoms with Gasteiger partial charge in [0.25, 0.3) is 0 Å². The van der Waals surface area contributed by atoms with Crippen molar-refractivity contribution < 1.29 is 8.42 Å². The molecule has 0 saturated heterocycles. The van der Waals surface area contributed by atoms with Gasteiger partial charge in [-0.2, -0.15) is 0 Å². The van der Waals surface area contributed by atoms with E-state index in [-0.39, 0.29) is 5.75 Å². The van der Waals surface area contributed by atoms with Gasteiger partial charge in [-0.1, -0.05) is 6.92 Å². The minimum Gasteiger partial charge on any atom is -0.577 e. The number of hydrogen-bond donors (Lipinski definition) is 0. The molecule has 0 fully saturated rings. The molecule has 1 rings (SSSR count). The Kier molecular flexibility index (Phi) is 5.98. The summed E-state index contributed by atoms with van der Waals surface area (Å²) in [6.07, 6.45) is 0. The molecule has 0 aliphatic heterocycles. The topological polar surface area (TPSA) is 48.2 Å². The Morgan fingerprint density at radius 2 is 1.94 bits per heavy atom. The largest absolute Gasteiger partial charge is 0.577 e. The first kappa shape index (κ1) is 16.0. The highest BCUT2D eigenvalue weighted by Gasteiger charge is 2.06. The van der Waals surface area contributed by atoms with E-state index in [0.29, 0.717) is 5.70 Å². The van der Waals surface area contributed by atoms with Crippen LogP contribution in [-0.4, -0.2) is 14.2 Å². The Balaban J connectivity index is 3.14. The maximum absolute atomic E-state index is 11.4. The van der Waals surface area contributed by atoms with Crippen LogP contribution in [0.5, 0.6) is 0 Å². The van der Waals surface area contributed by atoms with Crippen molar-refractivity contribution in [2.75, 3.05) is 5.75 Å². The lowest BCUT2D eigenvalue weighted by atomic mass is 10.2. The lowest BCUT2D eigenvalue weighted by molar-refractivity contribution is 0.604. The van der Waals surface area contributed by atoms with Gasteiger partial charge in [0.05, 0.1) is 10.0 Å². The highest BCUT2D eigenvalue weighted by Crippen LogP contribution is 2.31. The zero-order valence-corrected chi connectivity index (χ0v) is 16.2. The molecule has 0 unspecified atom stereocenters. The number of benzene rings is 1. The highest BCUT2D eigenvalue weighted by molar-refractivity contribution is 14.1. The second-order valence-corrected chi connectivity index (χ2v) is 8.57. The number of nitrogens with zero attached hydrogens (tertiary/aromatic N) is 1. The minimum atomic E-state index is -3.39. The van der Waals surface area contributed by atoms with E-state index >= 15 is 0 Å². The Hall–Kier alpha value is 0.900. The summed E-state index contributed by atoms with van der Waals surface area (Å²) >= 11 is 6.57. The standard InChI is InChI=1S/C10H9I3NO2S/c1-3-17(15,16)14-6(2)8-4-7(11)5-9(12)10(8)13/h4-5H,2-3H2,1H3/q-1. The molecule has 0 bridgehead atoms. The van der Waals surface area contributed by atoms with Crippen molar-refractivity contribution in [3.63, 3.8) is 0 Å². The summed E-state index contributed by atoms with van der Waals surface area (Å²) in [7, 11) is -3.39. The van der Waals surface area contributed by atoms with Crippen LogP contribution in [0.25, 0.3) is 10.4 Å². The molecule has 0 amide bonds. The smallest absolute Gasteiger partial charge is 0.0935 e. The highest BCUT2D eigenvalue weighted by atomic mass is 127. The van der Waals surface area contributed by atoms with E-state index < -0.39 is 10.0 Å². The van der Waals surface area contributed by atoms with E-state index in [1.165, 1.54) is 0 Å². The lowest BCUT2D eigenvalue weighted by Crippen LogP contribution is -2.02. The van der Waals surface area contributed by atoms with Gasteiger partial charge in [0.2, 0.25) is 0 Å². The van der Waals surface area contributed by atoms with Crippen molar-refractivity contribution in [1.29, 1.82) is 0 Å². The molecule has 17 heavy (non-hydrogen) atoms. The van der Waals surface area contributed by atoms with Gasteiger partial charge in [-0.05, 0) is 85.5 Å². The predicted molar refractivity (Wildman–Crippen MR) is 96.4 cm³/mol. The van der Waals surface area contributed by atoms with Gasteiger partial charge >= 0.3 is 0 Å². The molecule has 0 aliphatic rings. The molecule has 0 aliphatic carbocycles. The molecule has 3 nitrogen and oxygen atoms in total. The molecular formula is C10H9I3NO2S-. The van der Waals surface area contributed by atoms with Crippen molar-refractivity contribution in [3.05, 3.63) is 39.7 Å². The summed E-state index contributed by atoms with van der Waals surface area (Å²) in [6.45, 7) is 5.31. The number of halogens is 3. The van der Waals surface area contributed by atoms with Gasteiger partial charge in [0, 0.05) is 16.5 Å². The number of sulfonamides is 1. The molecule has 1 aromatic carbocycles. The molecule has 7 heteroatoms. The summed E-state index contributed by atoms with van der Waals surface area (Å²) in [6, 6.07) is 3.91. The van der Waals surface area contributed by atoms with E-state index in [1.54, 1.807) is 6.92 Å². The first-order chi connectivity index (χ1) is 7.76. The molecule has 1 aromatic rings. The fraction of sp³-hybridized carbons (Fsp3) is 0.200. The summed E-state index contributed by atoms with van der Waals surface area (Å²) in [4.78, 5) is 0. The van der Waals surface area contributed by atoms with E-state index in [0.717, 1.165) is 16.3 Å². The van der Waals surface area contributed by atoms with Crippen molar-refractivity contribution in [2.24, 2.45) is 0 Å². The Bertz CT molecular complexity index is 555. The molecule has 0 atom stereocenters. The minimum absolute atomic E-state index is 0.0103. The molecule has 0 saturated carbocycles. The van der Waals surface area contributed by atoms with Crippen LogP contribution in [0.1, 0.15) is 12.5 Å². The first-order valence-corrected chi connectivity index (χ1v) is 9.41. The van der Waals surface area contributed by atoms with Crippen LogP contribution < -0.4 is 0 Å². The van der Waals surface area contributed by atoms with Crippen LogP contribution in [0.15, 0.2) is 18.7 Å². The van der Waals surface area contributed by atoms with Crippen LogP contribution in [0.4, 0.5) is 0 Å². The van der Waals surface area contributed by atoms with E-state index in [9.17, 15) is 8.42 Å². The summed E-state index contributed by atoms with van der Waals surface area (Å²) < 4.78 is 29.6. The van der Waals surface area contributed by atoms with Gasteiger partial charge < -0.3 is 4.72 Å². The molecular weight excluding hydrogens is 579 g/mol. The molecule has 0 heterocycles. The summed E-state index contributed by atoms with van der Waals surface area (Å²) in [5.74, 6) is -0.0103. The lowest BCUT2D eigenvalue weighted by Gasteiger charge is -2.25.